The van der Waals surface area contributed by atoms with E-state index in [4.69, 9.17) is 16.3 Å². The van der Waals surface area contributed by atoms with E-state index in [1.165, 1.54) is 25.7 Å². The zero-order chi connectivity index (χ0) is 9.03. The van der Waals surface area contributed by atoms with Crippen molar-refractivity contribution in [3.8, 4) is 0 Å². The van der Waals surface area contributed by atoms with Crippen LogP contribution in [0.1, 0.15) is 46.0 Å². The lowest BCUT2D eigenvalue weighted by atomic mass is 10.0. The summed E-state index contributed by atoms with van der Waals surface area (Å²) < 4.78 is 5.85. The second-order valence-electron chi connectivity index (χ2n) is 4.22. The van der Waals surface area contributed by atoms with Crippen molar-refractivity contribution in [3.63, 3.8) is 0 Å². The number of unbranched alkanes of at least 4 members (excludes halogenated alkanes) is 1. The minimum absolute atomic E-state index is 0.131. The number of hydrogen-bond acceptors (Lipinski definition) is 1. The van der Waals surface area contributed by atoms with E-state index in [1.807, 2.05) is 0 Å². The summed E-state index contributed by atoms with van der Waals surface area (Å²) in [7, 11) is 0. The molecular weight excluding hydrogens is 172 g/mol. The Morgan fingerprint density at radius 3 is 2.67 bits per heavy atom. The largest absolute Gasteiger partial charge is 0.372 e. The highest BCUT2D eigenvalue weighted by Crippen LogP contribution is 2.31. The van der Waals surface area contributed by atoms with Gasteiger partial charge in [-0.2, -0.15) is 0 Å². The highest BCUT2D eigenvalue weighted by molar-refractivity contribution is 6.17. The molecule has 0 bridgehead atoms. The van der Waals surface area contributed by atoms with Crippen molar-refractivity contribution in [2.24, 2.45) is 0 Å². The quantitative estimate of drug-likeness (QED) is 0.488. The average molecular weight is 191 g/mol. The van der Waals surface area contributed by atoms with Gasteiger partial charge < -0.3 is 4.74 Å². The summed E-state index contributed by atoms with van der Waals surface area (Å²) >= 11 is 5.60. The molecule has 1 fully saturated rings. The van der Waals surface area contributed by atoms with Crippen LogP contribution in [0.2, 0.25) is 0 Å². The fourth-order valence-electron chi connectivity index (χ4n) is 1.75. The Hall–Kier alpha value is 0.250. The van der Waals surface area contributed by atoms with Gasteiger partial charge in [0, 0.05) is 5.88 Å². The SMILES string of the molecule is CC1(C)CCC(CCCCCl)O1. The minimum Gasteiger partial charge on any atom is -0.372 e. The Kier molecular flexibility index (Phi) is 3.85. The second kappa shape index (κ2) is 4.48. The van der Waals surface area contributed by atoms with Gasteiger partial charge in [0.2, 0.25) is 0 Å². The third kappa shape index (κ3) is 3.32. The van der Waals surface area contributed by atoms with E-state index in [-0.39, 0.29) is 5.60 Å². The van der Waals surface area contributed by atoms with E-state index in [1.54, 1.807) is 0 Å². The van der Waals surface area contributed by atoms with Crippen LogP contribution in [0.3, 0.4) is 0 Å². The van der Waals surface area contributed by atoms with Crippen molar-refractivity contribution >= 4 is 11.6 Å². The first kappa shape index (κ1) is 10.3. The van der Waals surface area contributed by atoms with Crippen molar-refractivity contribution in [2.45, 2.75) is 57.7 Å². The van der Waals surface area contributed by atoms with Gasteiger partial charge in [-0.3, -0.25) is 0 Å². The zero-order valence-corrected chi connectivity index (χ0v) is 8.86. The van der Waals surface area contributed by atoms with Crippen LogP contribution in [-0.2, 0) is 4.74 Å². The van der Waals surface area contributed by atoms with Crippen LogP contribution in [0.25, 0.3) is 0 Å². The van der Waals surface area contributed by atoms with Crippen LogP contribution in [-0.4, -0.2) is 17.6 Å². The molecule has 0 N–H and O–H groups in total. The molecule has 72 valence electrons. The second-order valence-corrected chi connectivity index (χ2v) is 4.60. The molecule has 1 rings (SSSR count). The number of hydrogen-bond donors (Lipinski definition) is 0. The van der Waals surface area contributed by atoms with E-state index in [9.17, 15) is 0 Å². The maximum atomic E-state index is 5.85. The lowest BCUT2D eigenvalue weighted by molar-refractivity contribution is -0.0189. The summed E-state index contributed by atoms with van der Waals surface area (Å²) in [5.41, 5.74) is 0.131. The number of alkyl halides is 1. The summed E-state index contributed by atoms with van der Waals surface area (Å²) in [6, 6.07) is 0. The van der Waals surface area contributed by atoms with E-state index >= 15 is 0 Å². The van der Waals surface area contributed by atoms with Gasteiger partial charge in [-0.15, -0.1) is 11.6 Å². The first-order valence-electron chi connectivity index (χ1n) is 4.88. The first-order chi connectivity index (χ1) is 5.64. The molecule has 1 unspecified atom stereocenters. The third-order valence-corrected chi connectivity index (χ3v) is 2.73. The van der Waals surface area contributed by atoms with Crippen molar-refractivity contribution in [2.75, 3.05) is 5.88 Å². The van der Waals surface area contributed by atoms with Crippen LogP contribution in [0.4, 0.5) is 0 Å². The van der Waals surface area contributed by atoms with Crippen molar-refractivity contribution < 1.29 is 4.74 Å². The van der Waals surface area contributed by atoms with Crippen LogP contribution in [0.15, 0.2) is 0 Å². The van der Waals surface area contributed by atoms with Crippen LogP contribution in [0, 0.1) is 0 Å². The number of ether oxygens (including phenoxy) is 1. The standard InChI is InChI=1S/C10H19ClO/c1-10(2)7-6-9(12-10)5-3-4-8-11/h9H,3-8H2,1-2H3. The van der Waals surface area contributed by atoms with Gasteiger partial charge >= 0.3 is 0 Å². The molecule has 0 aromatic heterocycles. The maximum absolute atomic E-state index is 5.85. The van der Waals surface area contributed by atoms with E-state index < -0.39 is 0 Å². The summed E-state index contributed by atoms with van der Waals surface area (Å²) in [4.78, 5) is 0. The monoisotopic (exact) mass is 190 g/mol. The fraction of sp³-hybridized carbons (Fsp3) is 1.00. The van der Waals surface area contributed by atoms with Crippen LogP contribution in [0.5, 0.6) is 0 Å². The summed E-state index contributed by atoms with van der Waals surface area (Å²) in [6.07, 6.45) is 6.47. The third-order valence-electron chi connectivity index (χ3n) is 2.46. The molecule has 1 aliphatic rings. The Labute approximate surface area is 80.4 Å². The summed E-state index contributed by atoms with van der Waals surface area (Å²) in [5.74, 6) is 0.788. The molecule has 0 aromatic carbocycles. The Morgan fingerprint density at radius 2 is 2.17 bits per heavy atom. The van der Waals surface area contributed by atoms with Gasteiger partial charge in [-0.05, 0) is 46.0 Å². The summed E-state index contributed by atoms with van der Waals surface area (Å²) in [6.45, 7) is 4.35. The molecule has 0 aliphatic carbocycles. The highest BCUT2D eigenvalue weighted by Gasteiger charge is 2.30. The molecule has 1 heterocycles. The van der Waals surface area contributed by atoms with Crippen molar-refractivity contribution in [1.29, 1.82) is 0 Å². The number of halogens is 1. The van der Waals surface area contributed by atoms with Gasteiger partial charge in [0.15, 0.2) is 0 Å². The molecule has 1 nitrogen and oxygen atoms in total. The highest BCUT2D eigenvalue weighted by atomic mass is 35.5. The predicted octanol–water partition coefficient (Wildman–Crippen LogP) is 3.35. The van der Waals surface area contributed by atoms with Gasteiger partial charge in [0.05, 0.1) is 11.7 Å². The minimum atomic E-state index is 0.131. The maximum Gasteiger partial charge on any atom is 0.0631 e. The molecular formula is C10H19ClO. The first-order valence-corrected chi connectivity index (χ1v) is 5.41. The van der Waals surface area contributed by atoms with Gasteiger partial charge in [-0.25, -0.2) is 0 Å². The van der Waals surface area contributed by atoms with Gasteiger partial charge in [-0.1, -0.05) is 0 Å². The van der Waals surface area contributed by atoms with E-state index in [0.717, 1.165) is 12.3 Å². The Balaban J connectivity index is 2.11. The van der Waals surface area contributed by atoms with Gasteiger partial charge in [0.25, 0.3) is 0 Å². The normalized spacial score (nSPS) is 27.8. The fourth-order valence-corrected chi connectivity index (χ4v) is 1.94. The van der Waals surface area contributed by atoms with Crippen molar-refractivity contribution in [1.82, 2.24) is 0 Å². The van der Waals surface area contributed by atoms with E-state index in [0.29, 0.717) is 6.10 Å². The average Bonchev–Trinajstić information content (AvgIpc) is 2.31. The van der Waals surface area contributed by atoms with Crippen LogP contribution >= 0.6 is 11.6 Å². The lowest BCUT2D eigenvalue weighted by Gasteiger charge is -2.18. The van der Waals surface area contributed by atoms with E-state index in [2.05, 4.69) is 13.8 Å². The summed E-state index contributed by atoms with van der Waals surface area (Å²) in [5, 5.41) is 0. The molecule has 0 radical (unpaired) electrons. The molecule has 0 spiro atoms. The molecule has 0 amide bonds. The molecule has 1 atom stereocenters. The molecule has 1 aliphatic heterocycles. The Morgan fingerprint density at radius 1 is 1.42 bits per heavy atom. The predicted molar refractivity (Wildman–Crippen MR) is 52.8 cm³/mol. The molecule has 0 aromatic rings. The molecule has 0 saturated carbocycles. The topological polar surface area (TPSA) is 9.23 Å². The molecule has 1 saturated heterocycles. The molecule has 2 heteroatoms. The lowest BCUT2D eigenvalue weighted by Crippen LogP contribution is -2.19. The van der Waals surface area contributed by atoms with Crippen LogP contribution < -0.4 is 0 Å². The Bertz CT molecular complexity index is 134. The zero-order valence-electron chi connectivity index (χ0n) is 8.11. The molecule has 12 heavy (non-hydrogen) atoms. The van der Waals surface area contributed by atoms with Gasteiger partial charge in [0.1, 0.15) is 0 Å². The smallest absolute Gasteiger partial charge is 0.0631 e. The van der Waals surface area contributed by atoms with Crippen molar-refractivity contribution in [3.05, 3.63) is 0 Å². The number of rotatable bonds is 4.